The second-order valence-electron chi connectivity index (χ2n) is 8.22. The van der Waals surface area contributed by atoms with Gasteiger partial charge in [-0.15, -0.1) is 11.3 Å². The lowest BCUT2D eigenvalue weighted by atomic mass is 10.1. The van der Waals surface area contributed by atoms with Gasteiger partial charge in [0.25, 0.3) is 0 Å². The highest BCUT2D eigenvalue weighted by atomic mass is 35.5. The molecule has 7 heteroatoms. The zero-order chi connectivity index (χ0) is 23.4. The van der Waals surface area contributed by atoms with Gasteiger partial charge in [-0.3, -0.25) is 0 Å². The molecule has 0 saturated heterocycles. The largest absolute Gasteiger partial charge is 0.353 e. The molecular weight excluding hydrogens is 474 g/mol. The zero-order valence-electron chi connectivity index (χ0n) is 18.2. The Bertz CT molecular complexity index is 1860. The van der Waals surface area contributed by atoms with Crippen molar-refractivity contribution in [3.63, 3.8) is 0 Å². The summed E-state index contributed by atoms with van der Waals surface area (Å²) in [5.41, 5.74) is 6.08. The molecule has 4 aromatic carbocycles. The van der Waals surface area contributed by atoms with Gasteiger partial charge in [-0.25, -0.2) is 9.97 Å². The van der Waals surface area contributed by atoms with Crippen LogP contribution in [0, 0.1) is 0 Å². The van der Waals surface area contributed by atoms with Gasteiger partial charge in [0, 0.05) is 33.0 Å². The van der Waals surface area contributed by atoms with E-state index in [1.165, 1.54) is 10.8 Å². The molecule has 0 fully saturated rings. The molecule has 0 spiro atoms. The van der Waals surface area contributed by atoms with E-state index in [1.807, 2.05) is 42.5 Å². The quantitative estimate of drug-likeness (QED) is 0.275. The van der Waals surface area contributed by atoms with E-state index in [-0.39, 0.29) is 5.28 Å². The van der Waals surface area contributed by atoms with Crippen molar-refractivity contribution < 1.29 is 0 Å². The molecule has 1 N–H and O–H groups in total. The number of aromatic nitrogens is 5. The van der Waals surface area contributed by atoms with Gasteiger partial charge < -0.3 is 4.98 Å². The van der Waals surface area contributed by atoms with Gasteiger partial charge in [-0.1, -0.05) is 72.8 Å². The van der Waals surface area contributed by atoms with Crippen molar-refractivity contribution in [2.45, 2.75) is 0 Å². The first-order chi connectivity index (χ1) is 17.2. The maximum Gasteiger partial charge on any atom is 0.226 e. The summed E-state index contributed by atoms with van der Waals surface area (Å²) >= 11 is 7.92. The summed E-state index contributed by atoms with van der Waals surface area (Å²) in [6.07, 6.45) is 0. The molecule has 0 bridgehead atoms. The van der Waals surface area contributed by atoms with Crippen LogP contribution in [0.3, 0.4) is 0 Å². The summed E-state index contributed by atoms with van der Waals surface area (Å²) in [6, 6.07) is 30.5. The summed E-state index contributed by atoms with van der Waals surface area (Å²) in [5.74, 6) is 1.10. The number of fused-ring (bicyclic) bond motifs is 5. The number of nitrogens with one attached hydrogen (secondary N) is 1. The maximum atomic E-state index is 6.23. The summed E-state index contributed by atoms with van der Waals surface area (Å²) in [5, 5.41) is 3.59. The minimum absolute atomic E-state index is 0.173. The van der Waals surface area contributed by atoms with Crippen LogP contribution in [0.5, 0.6) is 0 Å². The van der Waals surface area contributed by atoms with Crippen LogP contribution in [0.15, 0.2) is 91.0 Å². The van der Waals surface area contributed by atoms with Crippen LogP contribution >= 0.6 is 22.9 Å². The van der Waals surface area contributed by atoms with Crippen molar-refractivity contribution in [2.75, 3.05) is 0 Å². The molecule has 7 aromatic rings. The molecule has 5 nitrogen and oxygen atoms in total. The lowest BCUT2D eigenvalue weighted by Crippen LogP contribution is -1.97. The Balaban J connectivity index is 1.28. The van der Waals surface area contributed by atoms with Gasteiger partial charge in [-0.05, 0) is 29.8 Å². The normalized spacial score (nSPS) is 11.6. The Morgan fingerprint density at radius 2 is 1.29 bits per heavy atom. The van der Waals surface area contributed by atoms with Crippen LogP contribution in [0.4, 0.5) is 0 Å². The number of hydrogen-bond acceptors (Lipinski definition) is 5. The van der Waals surface area contributed by atoms with Gasteiger partial charge in [0.2, 0.25) is 5.28 Å². The molecule has 0 atom stereocenters. The lowest BCUT2D eigenvalue weighted by Gasteiger charge is -2.05. The number of halogens is 1. The summed E-state index contributed by atoms with van der Waals surface area (Å²) < 4.78 is 1.16. The fourth-order valence-electron chi connectivity index (χ4n) is 4.38. The number of aromatic amines is 1. The number of benzene rings is 4. The zero-order valence-corrected chi connectivity index (χ0v) is 19.8. The third kappa shape index (κ3) is 3.46. The average molecular weight is 490 g/mol. The summed E-state index contributed by atoms with van der Waals surface area (Å²) in [6.45, 7) is 0. The van der Waals surface area contributed by atoms with E-state index < -0.39 is 0 Å². The number of H-pyrrole nitrogens is 1. The third-order valence-corrected chi connectivity index (χ3v) is 7.37. The van der Waals surface area contributed by atoms with E-state index in [0.29, 0.717) is 11.6 Å². The fraction of sp³-hybridized carbons (Fsp3) is 0. The van der Waals surface area contributed by atoms with Gasteiger partial charge in [0.05, 0.1) is 15.7 Å². The highest BCUT2D eigenvalue weighted by Crippen LogP contribution is 2.37. The number of thiazole rings is 1. The average Bonchev–Trinajstić information content (AvgIpc) is 3.51. The van der Waals surface area contributed by atoms with E-state index in [1.54, 1.807) is 11.3 Å². The Hall–Kier alpha value is -4.13. The Labute approximate surface area is 209 Å². The van der Waals surface area contributed by atoms with Gasteiger partial charge in [-0.2, -0.15) is 9.97 Å². The highest BCUT2D eigenvalue weighted by Gasteiger charge is 2.14. The smallest absolute Gasteiger partial charge is 0.226 e. The molecule has 0 saturated carbocycles. The lowest BCUT2D eigenvalue weighted by molar-refractivity contribution is 1.07. The van der Waals surface area contributed by atoms with Crippen LogP contribution in [0.2, 0.25) is 5.28 Å². The van der Waals surface area contributed by atoms with Crippen molar-refractivity contribution >= 4 is 55.0 Å². The number of hydrogen-bond donors (Lipinski definition) is 1. The first-order valence-electron chi connectivity index (χ1n) is 11.1. The van der Waals surface area contributed by atoms with E-state index >= 15 is 0 Å². The highest BCUT2D eigenvalue weighted by molar-refractivity contribution is 7.22. The van der Waals surface area contributed by atoms with Crippen molar-refractivity contribution in [1.82, 2.24) is 24.9 Å². The fourth-order valence-corrected chi connectivity index (χ4v) is 5.62. The van der Waals surface area contributed by atoms with Crippen molar-refractivity contribution in [3.05, 3.63) is 96.3 Å². The molecule has 0 amide bonds. The van der Waals surface area contributed by atoms with Crippen molar-refractivity contribution in [2.24, 2.45) is 0 Å². The molecule has 0 unspecified atom stereocenters. The standard InChI is InChI=1S/C28H16ClN5S/c29-28-33-25(16-6-2-1-3-7-16)32-26(34-28)17-10-12-18(13-11-17)27-31-22-15-14-20-19-8-4-5-9-21(19)30-23(20)24(22)35-27/h1-15,30H. The van der Waals surface area contributed by atoms with Gasteiger partial charge in [0.1, 0.15) is 5.01 Å². The summed E-state index contributed by atoms with van der Waals surface area (Å²) in [4.78, 5) is 21.8. The van der Waals surface area contributed by atoms with Crippen LogP contribution in [-0.2, 0) is 0 Å². The van der Waals surface area contributed by atoms with Crippen molar-refractivity contribution in [3.8, 4) is 33.3 Å². The second kappa shape index (κ2) is 7.98. The minimum Gasteiger partial charge on any atom is -0.353 e. The molecule has 35 heavy (non-hydrogen) atoms. The molecule has 7 rings (SSSR count). The third-order valence-electron chi connectivity index (χ3n) is 6.06. The molecule has 3 aromatic heterocycles. The van der Waals surface area contributed by atoms with Crippen LogP contribution in [-0.4, -0.2) is 24.9 Å². The maximum absolute atomic E-state index is 6.23. The molecule has 3 heterocycles. The molecule has 0 aliphatic carbocycles. The molecule has 0 aliphatic rings. The predicted octanol–water partition coefficient (Wildman–Crippen LogP) is 7.77. The van der Waals surface area contributed by atoms with Crippen LogP contribution < -0.4 is 0 Å². The topological polar surface area (TPSA) is 67.3 Å². The molecular formula is C28H16ClN5S. The van der Waals surface area contributed by atoms with Crippen LogP contribution in [0.1, 0.15) is 0 Å². The predicted molar refractivity (Wildman–Crippen MR) is 144 cm³/mol. The van der Waals surface area contributed by atoms with Crippen LogP contribution in [0.25, 0.3) is 65.4 Å². The number of para-hydroxylation sites is 1. The minimum atomic E-state index is 0.173. The Morgan fingerprint density at radius 3 is 2.09 bits per heavy atom. The second-order valence-corrected chi connectivity index (χ2v) is 9.56. The molecule has 166 valence electrons. The van der Waals surface area contributed by atoms with E-state index in [2.05, 4.69) is 68.5 Å². The van der Waals surface area contributed by atoms with E-state index in [9.17, 15) is 0 Å². The SMILES string of the molecule is Clc1nc(-c2ccccc2)nc(-c2ccc(-c3nc4ccc5c6ccccc6[nH]c5c4s3)cc2)n1. The first-order valence-corrected chi connectivity index (χ1v) is 12.3. The van der Waals surface area contributed by atoms with E-state index in [0.717, 1.165) is 42.9 Å². The number of rotatable bonds is 3. The van der Waals surface area contributed by atoms with Gasteiger partial charge >= 0.3 is 0 Å². The monoisotopic (exact) mass is 489 g/mol. The molecule has 0 radical (unpaired) electrons. The van der Waals surface area contributed by atoms with E-state index in [4.69, 9.17) is 16.6 Å². The first kappa shape index (κ1) is 20.3. The summed E-state index contributed by atoms with van der Waals surface area (Å²) in [7, 11) is 0. The Morgan fingerprint density at radius 1 is 0.600 bits per heavy atom. The number of nitrogens with zero attached hydrogens (tertiary/aromatic N) is 4. The van der Waals surface area contributed by atoms with Crippen molar-refractivity contribution in [1.29, 1.82) is 0 Å². The van der Waals surface area contributed by atoms with Gasteiger partial charge in [0.15, 0.2) is 11.6 Å². The Kier molecular flexibility index (Phi) is 4.62. The molecule has 0 aliphatic heterocycles.